The van der Waals surface area contributed by atoms with E-state index in [0.29, 0.717) is 18.0 Å². The molecule has 1 aliphatic heterocycles. The van der Waals surface area contributed by atoms with Gasteiger partial charge in [0.15, 0.2) is 0 Å². The molecular formula is C23H26N2O3. The van der Waals surface area contributed by atoms with E-state index in [1.807, 2.05) is 12.1 Å². The second-order valence-electron chi connectivity index (χ2n) is 6.94. The summed E-state index contributed by atoms with van der Waals surface area (Å²) in [5, 5.41) is 8.16. The molecule has 0 spiro atoms. The van der Waals surface area contributed by atoms with Gasteiger partial charge in [-0.3, -0.25) is 4.79 Å². The van der Waals surface area contributed by atoms with E-state index in [4.69, 9.17) is 9.47 Å². The zero-order chi connectivity index (χ0) is 20.0. The van der Waals surface area contributed by atoms with Crippen molar-refractivity contribution in [3.8, 4) is 17.6 Å². The van der Waals surface area contributed by atoms with Crippen molar-refractivity contribution in [3.05, 3.63) is 52.8 Å². The number of carbonyl (C=O) groups is 1. The van der Waals surface area contributed by atoms with Gasteiger partial charge >= 0.3 is 5.97 Å². The van der Waals surface area contributed by atoms with E-state index in [2.05, 4.69) is 42.0 Å². The van der Waals surface area contributed by atoms with E-state index in [1.165, 1.54) is 5.56 Å². The molecule has 1 aliphatic rings. The van der Waals surface area contributed by atoms with Gasteiger partial charge in [0.1, 0.15) is 11.4 Å². The standard InChI is InChI=1S/C23H26N2O3/c1-4-23(5-2)13-14-28-21-12-8-17(15-20(21)23)7-9-18-10-11-19(25-24-18)16-22(26)27-6-3/h8,10-12,15H,4-6,13-14,16H2,1-3H3. The number of rotatable bonds is 5. The predicted octanol–water partition coefficient (Wildman–Crippen LogP) is 3.82. The van der Waals surface area contributed by atoms with Crippen LogP contribution < -0.4 is 4.74 Å². The summed E-state index contributed by atoms with van der Waals surface area (Å²) in [6, 6.07) is 9.69. The number of fused-ring (bicyclic) bond motifs is 1. The Kier molecular flexibility index (Phi) is 6.30. The molecule has 0 unspecified atom stereocenters. The van der Waals surface area contributed by atoms with Crippen molar-refractivity contribution < 1.29 is 14.3 Å². The third-order valence-corrected chi connectivity index (χ3v) is 5.43. The van der Waals surface area contributed by atoms with Crippen molar-refractivity contribution >= 4 is 5.97 Å². The first kappa shape index (κ1) is 19.9. The molecule has 0 fully saturated rings. The number of hydrogen-bond acceptors (Lipinski definition) is 5. The molecule has 146 valence electrons. The summed E-state index contributed by atoms with van der Waals surface area (Å²) in [6.07, 6.45) is 3.33. The van der Waals surface area contributed by atoms with Crippen molar-refractivity contribution in [2.45, 2.75) is 51.9 Å². The molecule has 0 N–H and O–H groups in total. The minimum absolute atomic E-state index is 0.121. The van der Waals surface area contributed by atoms with Gasteiger partial charge < -0.3 is 9.47 Å². The molecule has 5 heteroatoms. The van der Waals surface area contributed by atoms with E-state index < -0.39 is 0 Å². The van der Waals surface area contributed by atoms with Crippen LogP contribution in [0.2, 0.25) is 0 Å². The average Bonchev–Trinajstić information content (AvgIpc) is 2.73. The second-order valence-corrected chi connectivity index (χ2v) is 6.94. The van der Waals surface area contributed by atoms with Crippen LogP contribution in [0, 0.1) is 11.8 Å². The van der Waals surface area contributed by atoms with Crippen LogP contribution in [-0.2, 0) is 21.4 Å². The molecule has 1 aromatic heterocycles. The third-order valence-electron chi connectivity index (χ3n) is 5.43. The van der Waals surface area contributed by atoms with Crippen LogP contribution in [-0.4, -0.2) is 29.4 Å². The molecule has 0 radical (unpaired) electrons. The molecule has 0 saturated carbocycles. The Morgan fingerprint density at radius 1 is 1.14 bits per heavy atom. The Bertz CT molecular complexity index is 890. The van der Waals surface area contributed by atoms with Crippen LogP contribution in [0.3, 0.4) is 0 Å². The summed E-state index contributed by atoms with van der Waals surface area (Å²) in [6.45, 7) is 7.39. The fourth-order valence-electron chi connectivity index (χ4n) is 3.64. The number of ether oxygens (including phenoxy) is 2. The smallest absolute Gasteiger partial charge is 0.311 e. The first-order valence-electron chi connectivity index (χ1n) is 9.87. The summed E-state index contributed by atoms with van der Waals surface area (Å²) in [7, 11) is 0. The second kappa shape index (κ2) is 8.88. The zero-order valence-corrected chi connectivity index (χ0v) is 16.7. The number of esters is 1. The third kappa shape index (κ3) is 4.33. The number of nitrogens with zero attached hydrogens (tertiary/aromatic N) is 2. The van der Waals surface area contributed by atoms with Gasteiger partial charge in [0.25, 0.3) is 0 Å². The molecule has 0 amide bonds. The molecule has 0 atom stereocenters. The predicted molar refractivity (Wildman–Crippen MR) is 107 cm³/mol. The molecular weight excluding hydrogens is 352 g/mol. The first-order valence-corrected chi connectivity index (χ1v) is 9.87. The largest absolute Gasteiger partial charge is 0.493 e. The highest BCUT2D eigenvalue weighted by Crippen LogP contribution is 2.43. The average molecular weight is 378 g/mol. The lowest BCUT2D eigenvalue weighted by molar-refractivity contribution is -0.142. The molecule has 2 heterocycles. The van der Waals surface area contributed by atoms with E-state index in [9.17, 15) is 4.79 Å². The fraction of sp³-hybridized carbons (Fsp3) is 0.435. The number of hydrogen-bond donors (Lipinski definition) is 0. The van der Waals surface area contributed by atoms with Crippen molar-refractivity contribution in [3.63, 3.8) is 0 Å². The van der Waals surface area contributed by atoms with Crippen molar-refractivity contribution in [1.82, 2.24) is 10.2 Å². The Morgan fingerprint density at radius 3 is 2.64 bits per heavy atom. The topological polar surface area (TPSA) is 61.3 Å². The molecule has 1 aromatic carbocycles. The van der Waals surface area contributed by atoms with Gasteiger partial charge in [-0.2, -0.15) is 5.10 Å². The molecule has 3 rings (SSSR count). The summed E-state index contributed by atoms with van der Waals surface area (Å²) >= 11 is 0. The number of carbonyl (C=O) groups excluding carboxylic acids is 1. The minimum Gasteiger partial charge on any atom is -0.493 e. The van der Waals surface area contributed by atoms with Crippen LogP contribution in [0.5, 0.6) is 5.75 Å². The van der Waals surface area contributed by atoms with Crippen molar-refractivity contribution in [2.75, 3.05) is 13.2 Å². The Labute approximate surface area is 166 Å². The maximum absolute atomic E-state index is 11.5. The molecule has 0 bridgehead atoms. The highest BCUT2D eigenvalue weighted by atomic mass is 16.5. The van der Waals surface area contributed by atoms with E-state index in [0.717, 1.165) is 37.2 Å². The van der Waals surface area contributed by atoms with Crippen LogP contribution in [0.1, 0.15) is 62.5 Å². The Balaban J connectivity index is 1.78. The van der Waals surface area contributed by atoms with Gasteiger partial charge in [-0.15, -0.1) is 5.10 Å². The maximum atomic E-state index is 11.5. The highest BCUT2D eigenvalue weighted by Gasteiger charge is 2.34. The summed E-state index contributed by atoms with van der Waals surface area (Å²) in [4.78, 5) is 11.5. The van der Waals surface area contributed by atoms with Crippen LogP contribution >= 0.6 is 0 Å². The molecule has 28 heavy (non-hydrogen) atoms. The lowest BCUT2D eigenvalue weighted by atomic mass is 9.71. The highest BCUT2D eigenvalue weighted by molar-refractivity contribution is 5.71. The normalized spacial score (nSPS) is 14.2. The summed E-state index contributed by atoms with van der Waals surface area (Å²) < 4.78 is 10.8. The van der Waals surface area contributed by atoms with Crippen LogP contribution in [0.15, 0.2) is 30.3 Å². The van der Waals surface area contributed by atoms with Crippen LogP contribution in [0.25, 0.3) is 0 Å². The van der Waals surface area contributed by atoms with E-state index in [1.54, 1.807) is 19.1 Å². The fourth-order valence-corrected chi connectivity index (χ4v) is 3.64. The quantitative estimate of drug-likeness (QED) is 0.585. The van der Waals surface area contributed by atoms with Gasteiger partial charge in [-0.05, 0) is 62.4 Å². The molecule has 5 nitrogen and oxygen atoms in total. The van der Waals surface area contributed by atoms with E-state index >= 15 is 0 Å². The van der Waals surface area contributed by atoms with Crippen molar-refractivity contribution in [2.24, 2.45) is 0 Å². The maximum Gasteiger partial charge on any atom is 0.311 e. The minimum atomic E-state index is -0.303. The van der Waals surface area contributed by atoms with Gasteiger partial charge in [-0.25, -0.2) is 0 Å². The van der Waals surface area contributed by atoms with Gasteiger partial charge in [-0.1, -0.05) is 19.8 Å². The monoisotopic (exact) mass is 378 g/mol. The lowest BCUT2D eigenvalue weighted by Crippen LogP contribution is -2.31. The Morgan fingerprint density at radius 2 is 1.96 bits per heavy atom. The number of aromatic nitrogens is 2. The SMILES string of the molecule is CCOC(=O)Cc1ccc(C#Cc2ccc3c(c2)C(CC)(CC)CCO3)nn1. The summed E-state index contributed by atoms with van der Waals surface area (Å²) in [5.41, 5.74) is 3.50. The lowest BCUT2D eigenvalue weighted by Gasteiger charge is -2.37. The van der Waals surface area contributed by atoms with Crippen LogP contribution in [0.4, 0.5) is 0 Å². The van der Waals surface area contributed by atoms with Gasteiger partial charge in [0, 0.05) is 16.5 Å². The number of benzene rings is 1. The molecule has 2 aromatic rings. The molecule has 0 aliphatic carbocycles. The van der Waals surface area contributed by atoms with Crippen molar-refractivity contribution in [1.29, 1.82) is 0 Å². The van der Waals surface area contributed by atoms with Gasteiger partial charge in [0.2, 0.25) is 0 Å². The molecule has 0 saturated heterocycles. The first-order chi connectivity index (χ1) is 13.6. The van der Waals surface area contributed by atoms with E-state index in [-0.39, 0.29) is 17.8 Å². The zero-order valence-electron chi connectivity index (χ0n) is 16.7. The summed E-state index contributed by atoms with van der Waals surface area (Å²) in [5.74, 6) is 6.91. The van der Waals surface area contributed by atoms with Gasteiger partial charge in [0.05, 0.1) is 25.3 Å². The Hall–Kier alpha value is -2.87.